The van der Waals surface area contributed by atoms with Crippen LogP contribution in [0.2, 0.25) is 5.02 Å². The molecule has 0 atom stereocenters. The maximum atomic E-state index is 14.0. The molecule has 0 fully saturated rings. The number of hydrogen-bond acceptors (Lipinski definition) is 2. The predicted molar refractivity (Wildman–Crippen MR) is 83.2 cm³/mol. The molecule has 0 aliphatic rings. The minimum Gasteiger partial charge on any atom is -0.487 e. The lowest BCUT2D eigenvalue weighted by Crippen LogP contribution is -2.23. The molecule has 0 radical (unpaired) electrons. The van der Waals surface area contributed by atoms with Gasteiger partial charge in [0, 0.05) is 11.1 Å². The van der Waals surface area contributed by atoms with Crippen molar-refractivity contribution in [1.82, 2.24) is 0 Å². The highest BCUT2D eigenvalue weighted by Crippen LogP contribution is 2.30. The summed E-state index contributed by atoms with van der Waals surface area (Å²) in [5, 5.41) is 0.267. The Balaban J connectivity index is 2.09. The maximum absolute atomic E-state index is 14.0. The Morgan fingerprint density at radius 3 is 2.43 bits per heavy atom. The molecule has 0 aliphatic heterocycles. The first-order valence-corrected chi connectivity index (χ1v) is 6.84. The number of halogens is 3. The van der Waals surface area contributed by atoms with Gasteiger partial charge in [-0.05, 0) is 18.2 Å². The van der Waals surface area contributed by atoms with Crippen LogP contribution in [0.15, 0.2) is 48.5 Å². The highest BCUT2D eigenvalue weighted by molar-refractivity contribution is 7.80. The second kappa shape index (κ2) is 6.37. The molecule has 21 heavy (non-hydrogen) atoms. The Kier molecular flexibility index (Phi) is 4.75. The van der Waals surface area contributed by atoms with Crippen molar-refractivity contribution in [2.24, 2.45) is 5.73 Å². The van der Waals surface area contributed by atoms with E-state index < -0.39 is 12.5 Å². The van der Waals surface area contributed by atoms with Crippen molar-refractivity contribution in [3.8, 4) is 5.75 Å². The third-order valence-corrected chi connectivity index (χ3v) is 3.35. The number of ether oxygens (including phenoxy) is 1. The average Bonchev–Trinajstić information content (AvgIpc) is 2.46. The van der Waals surface area contributed by atoms with E-state index in [4.69, 9.17) is 34.3 Å². The van der Waals surface area contributed by atoms with Crippen molar-refractivity contribution in [3.05, 3.63) is 64.7 Å². The van der Waals surface area contributed by atoms with Crippen LogP contribution in [0.25, 0.3) is 0 Å². The van der Waals surface area contributed by atoms with Crippen molar-refractivity contribution >= 4 is 28.8 Å². The molecular formula is C15H12ClF2NOS. The maximum Gasteiger partial charge on any atom is 0.306 e. The number of nitrogens with two attached hydrogens (primary N) is 1. The smallest absolute Gasteiger partial charge is 0.306 e. The van der Waals surface area contributed by atoms with Gasteiger partial charge in [0.25, 0.3) is 0 Å². The van der Waals surface area contributed by atoms with Gasteiger partial charge in [-0.2, -0.15) is 8.78 Å². The number of rotatable bonds is 5. The Labute approximate surface area is 131 Å². The molecule has 0 aliphatic carbocycles. The van der Waals surface area contributed by atoms with E-state index in [0.29, 0.717) is 5.56 Å². The van der Waals surface area contributed by atoms with Crippen LogP contribution in [0.5, 0.6) is 5.75 Å². The zero-order valence-electron chi connectivity index (χ0n) is 10.9. The molecule has 2 N–H and O–H groups in total. The van der Waals surface area contributed by atoms with Gasteiger partial charge >= 0.3 is 5.92 Å². The standard InChI is InChI=1S/C15H12ClF2NOS/c16-13-8-11(6-7-12(13)14(19)21)20-9-15(17,18)10-4-2-1-3-5-10/h1-8H,9H2,(H2,19,21). The molecule has 0 saturated carbocycles. The van der Waals surface area contributed by atoms with Crippen molar-refractivity contribution < 1.29 is 13.5 Å². The van der Waals surface area contributed by atoms with E-state index >= 15 is 0 Å². The molecule has 0 spiro atoms. The van der Waals surface area contributed by atoms with Gasteiger partial charge in [0.2, 0.25) is 0 Å². The monoisotopic (exact) mass is 327 g/mol. The summed E-state index contributed by atoms with van der Waals surface area (Å²) in [7, 11) is 0. The Morgan fingerprint density at radius 1 is 1.19 bits per heavy atom. The van der Waals surface area contributed by atoms with Crippen LogP contribution in [0.3, 0.4) is 0 Å². The van der Waals surface area contributed by atoms with Crippen molar-refractivity contribution in [3.63, 3.8) is 0 Å². The second-order valence-electron chi connectivity index (χ2n) is 4.37. The fourth-order valence-corrected chi connectivity index (χ4v) is 2.23. The fourth-order valence-electron chi connectivity index (χ4n) is 1.72. The lowest BCUT2D eigenvalue weighted by molar-refractivity contribution is -0.0467. The average molecular weight is 328 g/mol. The predicted octanol–water partition coefficient (Wildman–Crippen LogP) is 4.15. The zero-order valence-corrected chi connectivity index (χ0v) is 12.4. The molecule has 2 aromatic carbocycles. The van der Waals surface area contributed by atoms with Gasteiger partial charge in [-0.25, -0.2) is 0 Å². The van der Waals surface area contributed by atoms with E-state index in [2.05, 4.69) is 0 Å². The van der Waals surface area contributed by atoms with E-state index in [1.807, 2.05) is 0 Å². The van der Waals surface area contributed by atoms with Gasteiger partial charge in [-0.1, -0.05) is 54.2 Å². The number of alkyl halides is 2. The third-order valence-electron chi connectivity index (χ3n) is 2.82. The van der Waals surface area contributed by atoms with E-state index in [1.165, 1.54) is 24.3 Å². The summed E-state index contributed by atoms with van der Waals surface area (Å²) in [6.07, 6.45) is 0. The molecule has 6 heteroatoms. The van der Waals surface area contributed by atoms with Gasteiger partial charge in [0.1, 0.15) is 10.7 Å². The van der Waals surface area contributed by atoms with Crippen LogP contribution in [-0.4, -0.2) is 11.6 Å². The Morgan fingerprint density at radius 2 is 1.86 bits per heavy atom. The molecule has 0 saturated heterocycles. The summed E-state index contributed by atoms with van der Waals surface area (Å²) in [6.45, 7) is -0.778. The summed E-state index contributed by atoms with van der Waals surface area (Å²) >= 11 is 10.8. The van der Waals surface area contributed by atoms with Crippen LogP contribution in [0.4, 0.5) is 8.78 Å². The topological polar surface area (TPSA) is 35.2 Å². The fraction of sp³-hybridized carbons (Fsp3) is 0.133. The second-order valence-corrected chi connectivity index (χ2v) is 5.21. The molecule has 0 aromatic heterocycles. The summed E-state index contributed by atoms with van der Waals surface area (Å²) in [5.74, 6) is -2.86. The van der Waals surface area contributed by atoms with Gasteiger partial charge in [-0.15, -0.1) is 0 Å². The molecular weight excluding hydrogens is 316 g/mol. The van der Waals surface area contributed by atoms with E-state index in [0.717, 1.165) is 0 Å². The molecule has 2 nitrogen and oxygen atoms in total. The molecule has 2 aromatic rings. The molecule has 2 rings (SSSR count). The quantitative estimate of drug-likeness (QED) is 0.838. The number of thiocarbonyl (C=S) groups is 1. The number of hydrogen-bond donors (Lipinski definition) is 1. The SMILES string of the molecule is NC(=S)c1ccc(OCC(F)(F)c2ccccc2)cc1Cl. The molecule has 0 heterocycles. The van der Waals surface area contributed by atoms with Gasteiger partial charge < -0.3 is 10.5 Å². The lowest BCUT2D eigenvalue weighted by Gasteiger charge is -2.17. The van der Waals surface area contributed by atoms with Gasteiger partial charge in [0.05, 0.1) is 5.02 Å². The van der Waals surface area contributed by atoms with Crippen LogP contribution in [0, 0.1) is 0 Å². The molecule has 0 unspecified atom stereocenters. The highest BCUT2D eigenvalue weighted by Gasteiger charge is 2.32. The zero-order chi connectivity index (χ0) is 15.5. The normalized spacial score (nSPS) is 11.2. The van der Waals surface area contributed by atoms with Crippen molar-refractivity contribution in [2.45, 2.75) is 5.92 Å². The van der Waals surface area contributed by atoms with E-state index in [1.54, 1.807) is 24.3 Å². The molecule has 110 valence electrons. The molecule has 0 amide bonds. The largest absolute Gasteiger partial charge is 0.487 e. The summed E-state index contributed by atoms with van der Waals surface area (Å²) in [4.78, 5) is 0.140. The Hall–Kier alpha value is -1.72. The van der Waals surface area contributed by atoms with Crippen molar-refractivity contribution in [2.75, 3.05) is 6.61 Å². The van der Waals surface area contributed by atoms with Crippen LogP contribution in [-0.2, 0) is 5.92 Å². The molecule has 0 bridgehead atoms. The van der Waals surface area contributed by atoms with Crippen LogP contribution in [0.1, 0.15) is 11.1 Å². The van der Waals surface area contributed by atoms with Crippen LogP contribution < -0.4 is 10.5 Å². The summed E-state index contributed by atoms with van der Waals surface area (Å²) in [5.41, 5.74) is 5.85. The van der Waals surface area contributed by atoms with E-state index in [9.17, 15) is 8.78 Å². The van der Waals surface area contributed by atoms with Crippen molar-refractivity contribution in [1.29, 1.82) is 0 Å². The highest BCUT2D eigenvalue weighted by atomic mass is 35.5. The summed E-state index contributed by atoms with van der Waals surface area (Å²) < 4.78 is 33.0. The van der Waals surface area contributed by atoms with Crippen LogP contribution >= 0.6 is 23.8 Å². The van der Waals surface area contributed by atoms with Gasteiger partial charge in [-0.3, -0.25) is 0 Å². The lowest BCUT2D eigenvalue weighted by atomic mass is 10.1. The van der Waals surface area contributed by atoms with E-state index in [-0.39, 0.29) is 21.3 Å². The first kappa shape index (κ1) is 15.7. The minimum absolute atomic E-state index is 0.101. The summed E-state index contributed by atoms with van der Waals surface area (Å²) in [6, 6.07) is 11.9. The number of benzene rings is 2. The Bertz CT molecular complexity index is 649. The third kappa shape index (κ3) is 3.89. The van der Waals surface area contributed by atoms with Gasteiger partial charge in [0.15, 0.2) is 6.61 Å². The minimum atomic E-state index is -3.09. The first-order chi connectivity index (χ1) is 9.90. The first-order valence-electron chi connectivity index (χ1n) is 6.05.